The van der Waals surface area contributed by atoms with Gasteiger partial charge in [0.2, 0.25) is 5.76 Å². The Hall–Kier alpha value is -4.28. The third-order valence-corrected chi connectivity index (χ3v) is 4.98. The van der Waals surface area contributed by atoms with Crippen LogP contribution in [0.25, 0.3) is 11.3 Å². The van der Waals surface area contributed by atoms with E-state index in [2.05, 4.69) is 21.1 Å². The minimum Gasteiger partial charge on any atom is -0.480 e. The number of amides is 3. The zero-order valence-electron chi connectivity index (χ0n) is 19.2. The molecule has 0 radical (unpaired) electrons. The van der Waals surface area contributed by atoms with Crippen LogP contribution in [0.5, 0.6) is 0 Å². The highest BCUT2D eigenvalue weighted by Gasteiger charge is 2.24. The van der Waals surface area contributed by atoms with Crippen molar-refractivity contribution in [1.29, 1.82) is 0 Å². The summed E-state index contributed by atoms with van der Waals surface area (Å²) in [6.45, 7) is 5.44. The number of anilines is 2. The average Bonchev–Trinajstić information content (AvgIpc) is 3.25. The first-order valence-electron chi connectivity index (χ1n) is 10.7. The lowest BCUT2D eigenvalue weighted by molar-refractivity contribution is -0.139. The summed E-state index contributed by atoms with van der Waals surface area (Å²) in [5.74, 6) is -3.58. The van der Waals surface area contributed by atoms with Crippen LogP contribution in [0.15, 0.2) is 47.0 Å². The monoisotopic (exact) mass is 486 g/mol. The van der Waals surface area contributed by atoms with E-state index in [-0.39, 0.29) is 23.8 Å². The van der Waals surface area contributed by atoms with Crippen LogP contribution < -0.4 is 16.0 Å². The van der Waals surface area contributed by atoms with Crippen LogP contribution in [-0.4, -0.2) is 34.2 Å². The molecular weight excluding hydrogens is 462 g/mol. The number of carboxylic acid groups (broad SMARTS) is 1. The Balaban J connectivity index is 1.68. The summed E-state index contributed by atoms with van der Waals surface area (Å²) < 4.78 is 31.8. The van der Waals surface area contributed by atoms with E-state index in [1.807, 2.05) is 13.8 Å². The van der Waals surface area contributed by atoms with E-state index in [0.717, 1.165) is 12.1 Å². The Bertz CT molecular complexity index is 1260. The van der Waals surface area contributed by atoms with Crippen molar-refractivity contribution in [3.05, 3.63) is 65.4 Å². The first-order valence-corrected chi connectivity index (χ1v) is 10.7. The van der Waals surface area contributed by atoms with Crippen molar-refractivity contribution in [2.45, 2.75) is 33.2 Å². The first-order chi connectivity index (χ1) is 16.5. The van der Waals surface area contributed by atoms with Gasteiger partial charge in [0.05, 0.1) is 5.69 Å². The number of halogens is 2. The molecule has 3 rings (SSSR count). The average molecular weight is 486 g/mol. The third kappa shape index (κ3) is 6.62. The van der Waals surface area contributed by atoms with Crippen LogP contribution in [0.4, 0.5) is 25.0 Å². The zero-order valence-corrected chi connectivity index (χ0v) is 19.2. The van der Waals surface area contributed by atoms with Gasteiger partial charge in [0, 0.05) is 23.4 Å². The predicted octanol–water partition coefficient (Wildman–Crippen LogP) is 4.80. The predicted molar refractivity (Wildman–Crippen MR) is 124 cm³/mol. The van der Waals surface area contributed by atoms with E-state index in [1.165, 1.54) is 6.07 Å². The second kappa shape index (κ2) is 10.8. The largest absolute Gasteiger partial charge is 0.480 e. The molecule has 4 N–H and O–H groups in total. The molecule has 0 aliphatic heterocycles. The Kier molecular flexibility index (Phi) is 7.80. The molecule has 0 spiro atoms. The quantitative estimate of drug-likeness (QED) is 0.361. The maximum atomic E-state index is 13.7. The smallest absolute Gasteiger partial charge is 0.326 e. The molecule has 3 aromatic rings. The Labute approximate surface area is 199 Å². The molecule has 1 unspecified atom stereocenters. The SMILES string of the molecule is Cc1cc(NC(=O)Nc2ccc(F)cc2F)ccc1-c1cc(C(=O)NC(CC(C)C)C(=O)O)on1. The Morgan fingerprint density at radius 1 is 1.06 bits per heavy atom. The fourth-order valence-corrected chi connectivity index (χ4v) is 3.34. The van der Waals surface area contributed by atoms with E-state index in [4.69, 9.17) is 4.52 Å². The lowest BCUT2D eigenvalue weighted by atomic mass is 10.0. The second-order valence-corrected chi connectivity index (χ2v) is 8.30. The van der Waals surface area contributed by atoms with Gasteiger partial charge in [0.15, 0.2) is 0 Å². The van der Waals surface area contributed by atoms with Gasteiger partial charge in [-0.15, -0.1) is 0 Å². The molecule has 11 heteroatoms. The Morgan fingerprint density at radius 3 is 2.43 bits per heavy atom. The van der Waals surface area contributed by atoms with E-state index >= 15 is 0 Å². The van der Waals surface area contributed by atoms with Crippen molar-refractivity contribution in [2.75, 3.05) is 10.6 Å². The van der Waals surface area contributed by atoms with Gasteiger partial charge >= 0.3 is 12.0 Å². The van der Waals surface area contributed by atoms with E-state index < -0.39 is 35.6 Å². The fourth-order valence-electron chi connectivity index (χ4n) is 3.34. The number of aromatic nitrogens is 1. The topological polar surface area (TPSA) is 134 Å². The number of nitrogens with zero attached hydrogens (tertiary/aromatic N) is 1. The number of benzene rings is 2. The molecule has 1 aromatic heterocycles. The van der Waals surface area contributed by atoms with Crippen LogP contribution in [0, 0.1) is 24.5 Å². The number of rotatable bonds is 8. The lowest BCUT2D eigenvalue weighted by Gasteiger charge is -2.15. The minimum atomic E-state index is -1.14. The third-order valence-electron chi connectivity index (χ3n) is 4.98. The Morgan fingerprint density at radius 2 is 1.80 bits per heavy atom. The number of carbonyl (C=O) groups is 3. The number of nitrogens with one attached hydrogen (secondary N) is 3. The summed E-state index contributed by atoms with van der Waals surface area (Å²) in [7, 11) is 0. The molecule has 0 aliphatic rings. The molecule has 3 amide bonds. The molecule has 0 aliphatic carbocycles. The van der Waals surface area contributed by atoms with E-state index in [9.17, 15) is 28.3 Å². The highest BCUT2D eigenvalue weighted by molar-refractivity contribution is 6.00. The van der Waals surface area contributed by atoms with Crippen molar-refractivity contribution >= 4 is 29.3 Å². The van der Waals surface area contributed by atoms with Gasteiger partial charge in [-0.1, -0.05) is 25.1 Å². The minimum absolute atomic E-state index is 0.0632. The highest BCUT2D eigenvalue weighted by Crippen LogP contribution is 2.26. The maximum absolute atomic E-state index is 13.7. The van der Waals surface area contributed by atoms with Gasteiger partial charge < -0.3 is 25.6 Å². The first kappa shape index (κ1) is 25.3. The standard InChI is InChI=1S/C24H24F2N4O5/c1-12(2)8-20(23(32)33)28-22(31)21-11-19(30-35-21)16-6-5-15(9-13(16)3)27-24(34)29-18-7-4-14(25)10-17(18)26/h4-7,9-12,20H,8H2,1-3H3,(H,28,31)(H,32,33)(H2,27,29,34). The van der Waals surface area contributed by atoms with E-state index in [1.54, 1.807) is 25.1 Å². The number of carboxylic acids is 1. The highest BCUT2D eigenvalue weighted by atomic mass is 19.1. The summed E-state index contributed by atoms with van der Waals surface area (Å²) in [5, 5.41) is 20.5. The van der Waals surface area contributed by atoms with Crippen molar-refractivity contribution in [2.24, 2.45) is 5.92 Å². The van der Waals surface area contributed by atoms with Gasteiger partial charge in [-0.3, -0.25) is 4.79 Å². The van der Waals surface area contributed by atoms with Gasteiger partial charge in [0.25, 0.3) is 5.91 Å². The molecule has 0 bridgehead atoms. The van der Waals surface area contributed by atoms with Crippen molar-refractivity contribution in [1.82, 2.24) is 10.5 Å². The molecule has 35 heavy (non-hydrogen) atoms. The summed E-state index contributed by atoms with van der Waals surface area (Å²) >= 11 is 0. The molecule has 0 fully saturated rings. The number of hydrogen-bond donors (Lipinski definition) is 4. The van der Waals surface area contributed by atoms with Crippen molar-refractivity contribution in [3.8, 4) is 11.3 Å². The number of carbonyl (C=O) groups excluding carboxylic acids is 2. The van der Waals surface area contributed by atoms with Crippen LogP contribution in [-0.2, 0) is 4.79 Å². The fraction of sp³-hybridized carbons (Fsp3) is 0.250. The zero-order chi connectivity index (χ0) is 25.7. The van der Waals surface area contributed by atoms with Gasteiger partial charge in [-0.05, 0) is 49.1 Å². The maximum Gasteiger partial charge on any atom is 0.326 e. The van der Waals surface area contributed by atoms with Crippen LogP contribution in [0.1, 0.15) is 36.4 Å². The summed E-state index contributed by atoms with van der Waals surface area (Å²) in [4.78, 5) is 36.0. The number of aliphatic carboxylic acids is 1. The van der Waals surface area contributed by atoms with Crippen molar-refractivity contribution in [3.63, 3.8) is 0 Å². The molecule has 0 saturated heterocycles. The molecule has 1 heterocycles. The normalized spacial score (nSPS) is 11.7. The van der Waals surface area contributed by atoms with E-state index in [0.29, 0.717) is 28.6 Å². The second-order valence-electron chi connectivity index (χ2n) is 8.30. The van der Waals surface area contributed by atoms with Crippen molar-refractivity contribution < 1.29 is 32.8 Å². The van der Waals surface area contributed by atoms with Crippen LogP contribution in [0.2, 0.25) is 0 Å². The molecular formula is C24H24F2N4O5. The van der Waals surface area contributed by atoms with Crippen LogP contribution in [0.3, 0.4) is 0 Å². The molecule has 9 nitrogen and oxygen atoms in total. The van der Waals surface area contributed by atoms with Gasteiger partial charge in [0.1, 0.15) is 23.4 Å². The molecule has 1 atom stereocenters. The summed E-state index contributed by atoms with van der Waals surface area (Å²) in [5.41, 5.74) is 1.85. The number of aryl methyl sites for hydroxylation is 1. The van der Waals surface area contributed by atoms with Crippen LogP contribution >= 0.6 is 0 Å². The number of urea groups is 1. The lowest BCUT2D eigenvalue weighted by Crippen LogP contribution is -2.41. The summed E-state index contributed by atoms with van der Waals surface area (Å²) in [6, 6.07) is 7.25. The van der Waals surface area contributed by atoms with Gasteiger partial charge in [-0.25, -0.2) is 18.4 Å². The number of hydrogen-bond acceptors (Lipinski definition) is 5. The summed E-state index contributed by atoms with van der Waals surface area (Å²) in [6.07, 6.45) is 0.261. The molecule has 184 valence electrons. The molecule has 2 aromatic carbocycles. The van der Waals surface area contributed by atoms with Gasteiger partial charge in [-0.2, -0.15) is 0 Å². The molecule has 0 saturated carbocycles.